The number of benzene rings is 3. The molecule has 29 heavy (non-hydrogen) atoms. The molecule has 0 atom stereocenters. The van der Waals surface area contributed by atoms with Crippen molar-refractivity contribution in [3.8, 4) is 22.6 Å². The Morgan fingerprint density at radius 1 is 1.00 bits per heavy atom. The molecule has 4 nitrogen and oxygen atoms in total. The second-order valence-corrected chi connectivity index (χ2v) is 7.69. The van der Waals surface area contributed by atoms with Crippen LogP contribution in [0.1, 0.15) is 18.4 Å². The average Bonchev–Trinajstić information content (AvgIpc) is 3.41. The number of rotatable bonds is 4. The first-order valence-electron chi connectivity index (χ1n) is 9.33. The molecule has 0 saturated heterocycles. The van der Waals surface area contributed by atoms with E-state index >= 15 is 0 Å². The Kier molecular flexibility index (Phi) is 4.21. The van der Waals surface area contributed by atoms with Gasteiger partial charge in [-0.2, -0.15) is 0 Å². The van der Waals surface area contributed by atoms with E-state index in [0.717, 1.165) is 16.7 Å². The molecule has 146 valence electrons. The summed E-state index contributed by atoms with van der Waals surface area (Å²) in [6.45, 7) is 0.179. The minimum absolute atomic E-state index is 0.138. The molecule has 3 aromatic carbocycles. The monoisotopic (exact) mass is 409 g/mol. The summed E-state index contributed by atoms with van der Waals surface area (Å²) in [5, 5.41) is 3.34. The minimum Gasteiger partial charge on any atom is -0.454 e. The Balaban J connectivity index is 1.44. The number of carbonyl (C=O) groups excluding carboxylic acids is 1. The van der Waals surface area contributed by atoms with Crippen molar-refractivity contribution in [2.45, 2.75) is 18.3 Å². The van der Waals surface area contributed by atoms with Crippen LogP contribution in [0, 0.1) is 5.82 Å². The number of anilines is 1. The van der Waals surface area contributed by atoms with Gasteiger partial charge in [0, 0.05) is 10.6 Å². The Morgan fingerprint density at radius 3 is 2.59 bits per heavy atom. The summed E-state index contributed by atoms with van der Waals surface area (Å²) < 4.78 is 25.2. The Labute approximate surface area is 172 Å². The molecule has 0 bridgehead atoms. The van der Waals surface area contributed by atoms with Crippen molar-refractivity contribution in [2.75, 3.05) is 12.1 Å². The van der Waals surface area contributed by atoms with Gasteiger partial charge in [-0.05, 0) is 54.3 Å². The van der Waals surface area contributed by atoms with Crippen molar-refractivity contribution in [3.63, 3.8) is 0 Å². The van der Waals surface area contributed by atoms with E-state index in [0.29, 0.717) is 29.4 Å². The molecule has 0 aromatic heterocycles. The third kappa shape index (κ3) is 3.12. The number of halogens is 2. The smallest absolute Gasteiger partial charge is 0.235 e. The van der Waals surface area contributed by atoms with Crippen LogP contribution in [-0.2, 0) is 10.2 Å². The summed E-state index contributed by atoms with van der Waals surface area (Å²) >= 11 is 6.26. The van der Waals surface area contributed by atoms with Crippen LogP contribution in [-0.4, -0.2) is 12.7 Å². The Hall–Kier alpha value is -3.05. The maximum atomic E-state index is 14.5. The molecule has 1 heterocycles. The van der Waals surface area contributed by atoms with Crippen LogP contribution in [0.4, 0.5) is 10.1 Å². The van der Waals surface area contributed by atoms with Crippen LogP contribution < -0.4 is 14.8 Å². The highest BCUT2D eigenvalue weighted by Crippen LogP contribution is 2.51. The second kappa shape index (κ2) is 6.78. The lowest BCUT2D eigenvalue weighted by Gasteiger charge is -2.17. The Morgan fingerprint density at radius 2 is 1.79 bits per heavy atom. The van der Waals surface area contributed by atoms with Gasteiger partial charge in [-0.1, -0.05) is 41.9 Å². The number of amides is 1. The summed E-state index contributed by atoms with van der Waals surface area (Å²) in [5.74, 6) is 0.583. The molecule has 0 unspecified atom stereocenters. The van der Waals surface area contributed by atoms with Crippen LogP contribution in [0.2, 0.25) is 5.02 Å². The van der Waals surface area contributed by atoms with Gasteiger partial charge in [-0.25, -0.2) is 4.39 Å². The fourth-order valence-corrected chi connectivity index (χ4v) is 3.94. The van der Waals surface area contributed by atoms with Gasteiger partial charge in [0.05, 0.1) is 11.1 Å². The quantitative estimate of drug-likeness (QED) is 0.615. The summed E-state index contributed by atoms with van der Waals surface area (Å²) in [7, 11) is 0. The highest BCUT2D eigenvalue weighted by molar-refractivity contribution is 6.33. The Bertz CT molecular complexity index is 1130. The highest BCUT2D eigenvalue weighted by Gasteiger charge is 2.51. The van der Waals surface area contributed by atoms with Crippen molar-refractivity contribution < 1.29 is 18.7 Å². The normalized spacial score (nSPS) is 15.8. The molecule has 3 aromatic rings. The van der Waals surface area contributed by atoms with Crippen molar-refractivity contribution in [1.82, 2.24) is 0 Å². The number of fused-ring (bicyclic) bond motifs is 1. The number of nitrogens with one attached hydrogen (secondary N) is 1. The maximum Gasteiger partial charge on any atom is 0.235 e. The molecular formula is C23H17ClFNO3. The van der Waals surface area contributed by atoms with Crippen molar-refractivity contribution >= 4 is 23.2 Å². The molecule has 1 amide bonds. The summed E-state index contributed by atoms with van der Waals surface area (Å²) in [6, 6.07) is 17.5. The van der Waals surface area contributed by atoms with Crippen molar-refractivity contribution in [1.29, 1.82) is 0 Å². The standard InChI is InChI=1S/C23H17ClFNO3/c24-17-4-2-1-3-16(17)14-5-7-18(25)19(11-14)26-22(27)23(9-10-23)15-6-8-20-21(12-15)29-13-28-20/h1-8,11-12H,9-10,13H2,(H,26,27). The van der Waals surface area contributed by atoms with E-state index in [1.54, 1.807) is 18.2 Å². The second-order valence-electron chi connectivity index (χ2n) is 7.28. The number of hydrogen-bond donors (Lipinski definition) is 1. The highest BCUT2D eigenvalue weighted by atomic mass is 35.5. The summed E-state index contributed by atoms with van der Waals surface area (Å²) in [5.41, 5.74) is 1.83. The topological polar surface area (TPSA) is 47.6 Å². The molecule has 0 spiro atoms. The molecule has 1 fully saturated rings. The van der Waals surface area contributed by atoms with Crippen LogP contribution >= 0.6 is 11.6 Å². The first kappa shape index (κ1) is 18.0. The predicted octanol–water partition coefficient (Wildman–Crippen LogP) is 5.55. The van der Waals surface area contributed by atoms with E-state index in [2.05, 4.69) is 5.32 Å². The maximum absolute atomic E-state index is 14.5. The van der Waals surface area contributed by atoms with E-state index in [9.17, 15) is 9.18 Å². The van der Waals surface area contributed by atoms with Crippen LogP contribution in [0.5, 0.6) is 11.5 Å². The van der Waals surface area contributed by atoms with Crippen LogP contribution in [0.3, 0.4) is 0 Å². The molecule has 6 heteroatoms. The SMILES string of the molecule is O=C(Nc1cc(-c2ccccc2Cl)ccc1F)C1(c2ccc3c(c2)OCO3)CC1. The molecule has 2 aliphatic rings. The zero-order valence-electron chi connectivity index (χ0n) is 15.4. The van der Waals surface area contributed by atoms with Gasteiger partial charge in [-0.15, -0.1) is 0 Å². The number of carbonyl (C=O) groups is 1. The summed E-state index contributed by atoms with van der Waals surface area (Å²) in [6.07, 6.45) is 1.40. The minimum atomic E-state index is -0.673. The molecule has 5 rings (SSSR count). The fourth-order valence-electron chi connectivity index (χ4n) is 3.69. The predicted molar refractivity (Wildman–Crippen MR) is 109 cm³/mol. The van der Waals surface area contributed by atoms with Gasteiger partial charge < -0.3 is 14.8 Å². The molecule has 1 aliphatic heterocycles. The third-order valence-electron chi connectivity index (χ3n) is 5.51. The van der Waals surface area contributed by atoms with Gasteiger partial charge in [0.25, 0.3) is 0 Å². The van der Waals surface area contributed by atoms with Gasteiger partial charge in [0.15, 0.2) is 11.5 Å². The van der Waals surface area contributed by atoms with E-state index in [-0.39, 0.29) is 18.4 Å². The number of ether oxygens (including phenoxy) is 2. The van der Waals surface area contributed by atoms with Crippen LogP contribution in [0.15, 0.2) is 60.7 Å². The van der Waals surface area contributed by atoms with Crippen molar-refractivity contribution in [3.05, 3.63) is 77.1 Å². The number of hydrogen-bond acceptors (Lipinski definition) is 3. The molecular weight excluding hydrogens is 393 g/mol. The van der Waals surface area contributed by atoms with Gasteiger partial charge in [0.1, 0.15) is 5.82 Å². The fraction of sp³-hybridized carbons (Fsp3) is 0.174. The lowest BCUT2D eigenvalue weighted by atomic mass is 9.94. The molecule has 1 aliphatic carbocycles. The molecule has 0 radical (unpaired) electrons. The van der Waals surface area contributed by atoms with Crippen LogP contribution in [0.25, 0.3) is 11.1 Å². The van der Waals surface area contributed by atoms with E-state index in [1.165, 1.54) is 6.07 Å². The largest absolute Gasteiger partial charge is 0.454 e. The van der Waals surface area contributed by atoms with E-state index in [1.807, 2.05) is 36.4 Å². The van der Waals surface area contributed by atoms with E-state index in [4.69, 9.17) is 21.1 Å². The zero-order valence-corrected chi connectivity index (χ0v) is 16.1. The molecule has 1 N–H and O–H groups in total. The average molecular weight is 410 g/mol. The van der Waals surface area contributed by atoms with Gasteiger partial charge in [0.2, 0.25) is 12.7 Å². The zero-order chi connectivity index (χ0) is 20.0. The third-order valence-corrected chi connectivity index (χ3v) is 5.84. The van der Waals surface area contributed by atoms with Crippen molar-refractivity contribution in [2.24, 2.45) is 0 Å². The first-order valence-corrected chi connectivity index (χ1v) is 9.71. The van der Waals surface area contributed by atoms with Gasteiger partial charge in [-0.3, -0.25) is 4.79 Å². The van der Waals surface area contributed by atoms with E-state index < -0.39 is 11.2 Å². The van der Waals surface area contributed by atoms with Gasteiger partial charge >= 0.3 is 0 Å². The summed E-state index contributed by atoms with van der Waals surface area (Å²) in [4.78, 5) is 13.1. The first-order chi connectivity index (χ1) is 14.1. The molecule has 1 saturated carbocycles. The lowest BCUT2D eigenvalue weighted by molar-refractivity contribution is -0.118. The lowest BCUT2D eigenvalue weighted by Crippen LogP contribution is -2.28.